The molecule has 0 atom stereocenters. The number of aliphatic hydroxyl groups excluding tert-OH is 1. The molecule has 2 N–H and O–H groups in total. The van der Waals surface area contributed by atoms with E-state index in [2.05, 4.69) is 0 Å². The monoisotopic (exact) mass is 140 g/mol. The minimum absolute atomic E-state index is 0.216. The Morgan fingerprint density at radius 3 is 2.25 bits per heavy atom. The van der Waals surface area contributed by atoms with Crippen LogP contribution in [0.15, 0.2) is 0 Å². The number of hydrogen-bond donors (Lipinski definition) is 2. The molecule has 6 heteroatoms. The highest BCUT2D eigenvalue weighted by Crippen LogP contribution is 1.67. The molecule has 5 nitrogen and oxygen atoms in total. The van der Waals surface area contributed by atoms with Gasteiger partial charge in [0.25, 0.3) is 0 Å². The minimum Gasteiger partial charge on any atom is -0.735 e. The van der Waals surface area contributed by atoms with Crippen LogP contribution in [0.3, 0.4) is 0 Å². The quantitative estimate of drug-likeness (QED) is 0.445. The summed E-state index contributed by atoms with van der Waals surface area (Å²) in [4.78, 5) is 0. The van der Waals surface area contributed by atoms with Crippen LogP contribution < -0.4 is 4.72 Å². The van der Waals surface area contributed by atoms with E-state index in [9.17, 15) is 13.0 Å². The number of nitrogens with one attached hydrogen (secondary N) is 1. The molecule has 0 aliphatic heterocycles. The van der Waals surface area contributed by atoms with E-state index >= 15 is 0 Å². The molecule has 0 fully saturated rings. The third-order valence-corrected chi connectivity index (χ3v) is 0.948. The zero-order chi connectivity index (χ0) is 6.62. The highest BCUT2D eigenvalue weighted by atomic mass is 32.2. The Hall–Kier alpha value is -0.170. The lowest BCUT2D eigenvalue weighted by Gasteiger charge is -2.05. The van der Waals surface area contributed by atoms with Gasteiger partial charge in [0, 0.05) is 6.54 Å². The molecule has 0 spiro atoms. The number of aliphatic hydroxyl groups is 1. The van der Waals surface area contributed by atoms with Crippen molar-refractivity contribution in [2.24, 2.45) is 0 Å². The van der Waals surface area contributed by atoms with E-state index < -0.39 is 10.3 Å². The molecular weight excluding hydrogens is 134 g/mol. The average Bonchev–Trinajstić information content (AvgIpc) is 1.59. The maximum absolute atomic E-state index is 9.61. The highest BCUT2D eigenvalue weighted by molar-refractivity contribution is 7.83. The third-order valence-electron chi connectivity index (χ3n) is 0.391. The van der Waals surface area contributed by atoms with Crippen molar-refractivity contribution in [2.45, 2.75) is 0 Å². The highest BCUT2D eigenvalue weighted by Gasteiger charge is 1.87. The molecular formula is C2H6NO4S-. The Labute approximate surface area is 47.2 Å². The van der Waals surface area contributed by atoms with Gasteiger partial charge in [-0.3, -0.25) is 0 Å². The Morgan fingerprint density at radius 1 is 1.62 bits per heavy atom. The van der Waals surface area contributed by atoms with Crippen LogP contribution in [0.2, 0.25) is 0 Å². The molecule has 0 aromatic rings. The van der Waals surface area contributed by atoms with Gasteiger partial charge < -0.3 is 9.66 Å². The predicted molar refractivity (Wildman–Crippen MR) is 24.8 cm³/mol. The van der Waals surface area contributed by atoms with Gasteiger partial charge in [-0.15, -0.1) is 0 Å². The van der Waals surface area contributed by atoms with Crippen LogP contribution in [-0.2, 0) is 10.3 Å². The SMILES string of the molecule is O=S(=O)([O-])NCCO. The summed E-state index contributed by atoms with van der Waals surface area (Å²) in [6, 6.07) is 0. The standard InChI is InChI=1S/C2H7NO4S/c4-2-1-3-8(5,6)7/h3-4H,1-2H2,(H,5,6,7)/p-1. The molecule has 0 aliphatic carbocycles. The summed E-state index contributed by atoms with van der Waals surface area (Å²) in [5.41, 5.74) is 0. The van der Waals surface area contributed by atoms with Gasteiger partial charge in [-0.1, -0.05) is 0 Å². The zero-order valence-corrected chi connectivity index (χ0v) is 4.81. The normalized spacial score (nSPS) is 11.8. The summed E-state index contributed by atoms with van der Waals surface area (Å²) in [5.74, 6) is 0. The molecule has 0 saturated carbocycles. The summed E-state index contributed by atoms with van der Waals surface area (Å²) < 4.78 is 30.4. The maximum atomic E-state index is 9.61. The second-order valence-corrected chi connectivity index (χ2v) is 2.27. The van der Waals surface area contributed by atoms with Gasteiger partial charge in [0.05, 0.1) is 6.61 Å². The second-order valence-electron chi connectivity index (χ2n) is 1.07. The molecule has 0 bridgehead atoms. The van der Waals surface area contributed by atoms with Crippen LogP contribution in [0.1, 0.15) is 0 Å². The lowest BCUT2D eigenvalue weighted by atomic mass is 10.8. The predicted octanol–water partition coefficient (Wildman–Crippen LogP) is -1.97. The van der Waals surface area contributed by atoms with Crippen LogP contribution in [0.25, 0.3) is 0 Å². The van der Waals surface area contributed by atoms with Crippen molar-refractivity contribution in [3.63, 3.8) is 0 Å². The van der Waals surface area contributed by atoms with Crippen molar-refractivity contribution in [3.8, 4) is 0 Å². The van der Waals surface area contributed by atoms with Crippen LogP contribution in [0.4, 0.5) is 0 Å². The fraction of sp³-hybridized carbons (Fsp3) is 1.00. The Balaban J connectivity index is 3.42. The summed E-state index contributed by atoms with van der Waals surface area (Å²) >= 11 is 0. The zero-order valence-electron chi connectivity index (χ0n) is 3.99. The summed E-state index contributed by atoms with van der Waals surface area (Å²) in [6.07, 6.45) is 0. The molecule has 0 saturated heterocycles. The summed E-state index contributed by atoms with van der Waals surface area (Å²) in [7, 11) is -4.35. The van der Waals surface area contributed by atoms with Crippen molar-refractivity contribution in [1.29, 1.82) is 0 Å². The summed E-state index contributed by atoms with van der Waals surface area (Å²) in [6.45, 7) is -0.576. The van der Waals surface area contributed by atoms with E-state index in [1.807, 2.05) is 0 Å². The van der Waals surface area contributed by atoms with Gasteiger partial charge in [0.2, 0.25) is 0 Å². The Bertz CT molecular complexity index is 138. The smallest absolute Gasteiger partial charge is 0.159 e. The van der Waals surface area contributed by atoms with Gasteiger partial charge in [-0.25, -0.2) is 13.1 Å². The molecule has 0 rings (SSSR count). The first-order valence-corrected chi connectivity index (χ1v) is 3.28. The largest absolute Gasteiger partial charge is 0.735 e. The molecule has 8 heavy (non-hydrogen) atoms. The lowest BCUT2D eigenvalue weighted by Crippen LogP contribution is -2.25. The molecule has 0 unspecified atom stereocenters. The first-order chi connectivity index (χ1) is 3.56. The minimum atomic E-state index is -4.35. The molecule has 0 aliphatic rings. The number of rotatable bonds is 3. The van der Waals surface area contributed by atoms with Gasteiger partial charge in [-0.05, 0) is 0 Å². The molecule has 0 aromatic carbocycles. The van der Waals surface area contributed by atoms with Crippen LogP contribution in [-0.4, -0.2) is 31.2 Å². The van der Waals surface area contributed by atoms with Gasteiger partial charge >= 0.3 is 0 Å². The van der Waals surface area contributed by atoms with Crippen LogP contribution in [0.5, 0.6) is 0 Å². The molecule has 0 heterocycles. The van der Waals surface area contributed by atoms with Crippen molar-refractivity contribution < 1.29 is 18.1 Å². The van der Waals surface area contributed by atoms with E-state index in [0.717, 1.165) is 0 Å². The van der Waals surface area contributed by atoms with Gasteiger partial charge in [-0.2, -0.15) is 0 Å². The molecule has 0 aromatic heterocycles. The molecule has 0 radical (unpaired) electrons. The van der Waals surface area contributed by atoms with E-state index in [0.29, 0.717) is 0 Å². The van der Waals surface area contributed by atoms with Crippen LogP contribution >= 0.6 is 0 Å². The van der Waals surface area contributed by atoms with Crippen molar-refractivity contribution in [3.05, 3.63) is 0 Å². The Kier molecular flexibility index (Phi) is 2.91. The van der Waals surface area contributed by atoms with E-state index in [-0.39, 0.29) is 13.2 Å². The van der Waals surface area contributed by atoms with Crippen molar-refractivity contribution in [2.75, 3.05) is 13.2 Å². The van der Waals surface area contributed by atoms with E-state index in [1.165, 1.54) is 4.72 Å². The van der Waals surface area contributed by atoms with E-state index in [1.54, 1.807) is 0 Å². The Morgan fingerprint density at radius 2 is 2.12 bits per heavy atom. The maximum Gasteiger partial charge on any atom is 0.159 e. The average molecular weight is 140 g/mol. The molecule has 0 amide bonds. The second kappa shape index (κ2) is 2.98. The number of hydrogen-bond acceptors (Lipinski definition) is 4. The third kappa shape index (κ3) is 5.83. The molecule has 50 valence electrons. The van der Waals surface area contributed by atoms with Crippen LogP contribution in [0, 0.1) is 0 Å². The first-order valence-electron chi connectivity index (χ1n) is 1.87. The fourth-order valence-corrected chi connectivity index (χ4v) is 0.512. The lowest BCUT2D eigenvalue weighted by molar-refractivity contribution is 0.298. The topological polar surface area (TPSA) is 89.5 Å². The fourth-order valence-electron chi connectivity index (χ4n) is 0.171. The van der Waals surface area contributed by atoms with Gasteiger partial charge in [0.15, 0.2) is 10.3 Å². The first kappa shape index (κ1) is 7.83. The van der Waals surface area contributed by atoms with Crippen molar-refractivity contribution in [1.82, 2.24) is 4.72 Å². The summed E-state index contributed by atoms with van der Waals surface area (Å²) in [5, 5.41) is 7.96. The van der Waals surface area contributed by atoms with Crippen molar-refractivity contribution >= 4 is 10.3 Å². The van der Waals surface area contributed by atoms with Gasteiger partial charge in [0.1, 0.15) is 0 Å². The van der Waals surface area contributed by atoms with E-state index in [4.69, 9.17) is 5.11 Å².